The molecule has 2 N–H and O–H groups in total. The summed E-state index contributed by atoms with van der Waals surface area (Å²) in [5.74, 6) is 0.323. The molecule has 0 spiro atoms. The van der Waals surface area contributed by atoms with Gasteiger partial charge in [-0.1, -0.05) is 53.4 Å². The highest BCUT2D eigenvalue weighted by Crippen LogP contribution is 2.27. The van der Waals surface area contributed by atoms with Gasteiger partial charge >= 0.3 is 0 Å². The van der Waals surface area contributed by atoms with E-state index in [1.807, 2.05) is 30.3 Å². The molecule has 0 radical (unpaired) electrons. The standard InChI is InChI=1S/C18H13N5O3S2/c24-13-8-6-11(7-9-13)15-20-23-18(26-15)27-10-14(25)19-17-22-21-16(28-17)12-4-2-1-3-5-12/h1-9,24H,10H2,(H,19,22,25). The summed E-state index contributed by atoms with van der Waals surface area (Å²) in [6, 6.07) is 16.0. The molecule has 2 aromatic heterocycles. The third-order valence-corrected chi connectivity index (χ3v) is 5.25. The number of phenols is 1. The Balaban J connectivity index is 1.33. The predicted molar refractivity (Wildman–Crippen MR) is 106 cm³/mol. The number of amides is 1. The van der Waals surface area contributed by atoms with Gasteiger partial charge < -0.3 is 9.52 Å². The number of hydrogen-bond acceptors (Lipinski definition) is 9. The molecule has 0 unspecified atom stereocenters. The number of phenolic OH excluding ortho intramolecular Hbond substituents is 1. The maximum Gasteiger partial charge on any atom is 0.277 e. The normalized spacial score (nSPS) is 10.7. The lowest BCUT2D eigenvalue weighted by molar-refractivity contribution is -0.113. The van der Waals surface area contributed by atoms with Gasteiger partial charge in [0.05, 0.1) is 5.75 Å². The molecule has 0 saturated heterocycles. The molecule has 8 nitrogen and oxygen atoms in total. The molecule has 10 heteroatoms. The van der Waals surface area contributed by atoms with Gasteiger partial charge in [0.25, 0.3) is 5.22 Å². The monoisotopic (exact) mass is 411 g/mol. The van der Waals surface area contributed by atoms with Gasteiger partial charge in [0, 0.05) is 11.1 Å². The van der Waals surface area contributed by atoms with Crippen LogP contribution < -0.4 is 5.32 Å². The average Bonchev–Trinajstić information content (AvgIpc) is 3.37. The molecule has 4 aromatic rings. The van der Waals surface area contributed by atoms with Gasteiger partial charge in [-0.3, -0.25) is 10.1 Å². The van der Waals surface area contributed by atoms with Crippen LogP contribution in [0.4, 0.5) is 5.13 Å². The Hall–Kier alpha value is -3.24. The second kappa shape index (κ2) is 8.19. The minimum absolute atomic E-state index is 0.0947. The second-order valence-corrected chi connectivity index (χ2v) is 7.44. The second-order valence-electron chi connectivity index (χ2n) is 5.54. The summed E-state index contributed by atoms with van der Waals surface area (Å²) in [7, 11) is 0. The van der Waals surface area contributed by atoms with Gasteiger partial charge in [-0.05, 0) is 24.3 Å². The van der Waals surface area contributed by atoms with Crippen LogP contribution in [0.15, 0.2) is 64.2 Å². The van der Waals surface area contributed by atoms with Crippen molar-refractivity contribution in [3.05, 3.63) is 54.6 Å². The fourth-order valence-electron chi connectivity index (χ4n) is 2.24. The fraction of sp³-hybridized carbons (Fsp3) is 0.0556. The number of aromatic hydroxyl groups is 1. The van der Waals surface area contributed by atoms with Crippen molar-refractivity contribution in [2.24, 2.45) is 0 Å². The number of hydrogen-bond donors (Lipinski definition) is 2. The van der Waals surface area contributed by atoms with Crippen molar-refractivity contribution >= 4 is 34.1 Å². The first-order chi connectivity index (χ1) is 13.7. The number of anilines is 1. The molecule has 0 fully saturated rings. The van der Waals surface area contributed by atoms with E-state index >= 15 is 0 Å². The van der Waals surface area contributed by atoms with Gasteiger partial charge in [-0.2, -0.15) is 0 Å². The summed E-state index contributed by atoms with van der Waals surface area (Å²) in [5, 5.41) is 29.4. The van der Waals surface area contributed by atoms with Crippen LogP contribution in [0.25, 0.3) is 22.0 Å². The number of carbonyl (C=O) groups is 1. The van der Waals surface area contributed by atoms with Crippen molar-refractivity contribution in [1.82, 2.24) is 20.4 Å². The van der Waals surface area contributed by atoms with E-state index in [0.29, 0.717) is 16.6 Å². The third-order valence-electron chi connectivity index (χ3n) is 3.54. The molecule has 2 aromatic carbocycles. The van der Waals surface area contributed by atoms with Crippen LogP contribution >= 0.6 is 23.1 Å². The Morgan fingerprint density at radius 1 is 1.00 bits per heavy atom. The number of nitrogens with zero attached hydrogens (tertiary/aromatic N) is 4. The van der Waals surface area contributed by atoms with Crippen molar-refractivity contribution < 1.29 is 14.3 Å². The van der Waals surface area contributed by atoms with Crippen LogP contribution in [-0.4, -0.2) is 37.2 Å². The maximum atomic E-state index is 12.1. The Labute approximate surface area is 167 Å². The molecule has 0 saturated carbocycles. The molecule has 2 heterocycles. The highest BCUT2D eigenvalue weighted by atomic mass is 32.2. The topological polar surface area (TPSA) is 114 Å². The summed E-state index contributed by atoms with van der Waals surface area (Å²) in [4.78, 5) is 12.1. The number of benzene rings is 2. The van der Waals surface area contributed by atoms with Crippen LogP contribution in [0, 0.1) is 0 Å². The van der Waals surface area contributed by atoms with E-state index in [1.165, 1.54) is 23.5 Å². The van der Waals surface area contributed by atoms with Gasteiger partial charge in [-0.25, -0.2) is 0 Å². The number of carbonyl (C=O) groups excluding carboxylic acids is 1. The minimum Gasteiger partial charge on any atom is -0.508 e. The van der Waals surface area contributed by atoms with E-state index in [-0.39, 0.29) is 22.6 Å². The largest absolute Gasteiger partial charge is 0.508 e. The number of nitrogens with one attached hydrogen (secondary N) is 1. The van der Waals surface area contributed by atoms with E-state index < -0.39 is 0 Å². The SMILES string of the molecule is O=C(CSc1nnc(-c2ccc(O)cc2)o1)Nc1nnc(-c2ccccc2)s1. The first-order valence-corrected chi connectivity index (χ1v) is 9.92. The molecule has 28 heavy (non-hydrogen) atoms. The Bertz CT molecular complexity index is 1080. The summed E-state index contributed by atoms with van der Waals surface area (Å²) in [6.07, 6.45) is 0. The van der Waals surface area contributed by atoms with Crippen LogP contribution in [-0.2, 0) is 4.79 Å². The highest BCUT2D eigenvalue weighted by molar-refractivity contribution is 7.99. The molecule has 140 valence electrons. The van der Waals surface area contributed by atoms with Crippen molar-refractivity contribution in [2.45, 2.75) is 5.22 Å². The zero-order chi connectivity index (χ0) is 19.3. The van der Waals surface area contributed by atoms with Crippen LogP contribution in [0.5, 0.6) is 5.75 Å². The molecular formula is C18H13N5O3S2. The molecular weight excluding hydrogens is 398 g/mol. The lowest BCUT2D eigenvalue weighted by Gasteiger charge is -1.98. The Kier molecular flexibility index (Phi) is 5.31. The third kappa shape index (κ3) is 4.35. The smallest absolute Gasteiger partial charge is 0.277 e. The quantitative estimate of drug-likeness (QED) is 0.462. The zero-order valence-corrected chi connectivity index (χ0v) is 15.9. The first-order valence-electron chi connectivity index (χ1n) is 8.12. The van der Waals surface area contributed by atoms with Crippen LogP contribution in [0.2, 0.25) is 0 Å². The number of aromatic nitrogens is 4. The van der Waals surface area contributed by atoms with Crippen molar-refractivity contribution in [1.29, 1.82) is 0 Å². The minimum atomic E-state index is -0.245. The van der Waals surface area contributed by atoms with Gasteiger partial charge in [0.2, 0.25) is 16.9 Å². The number of rotatable bonds is 6. The van der Waals surface area contributed by atoms with Crippen LogP contribution in [0.3, 0.4) is 0 Å². The summed E-state index contributed by atoms with van der Waals surface area (Å²) >= 11 is 2.43. The lowest BCUT2D eigenvalue weighted by atomic mass is 10.2. The van der Waals surface area contributed by atoms with Gasteiger partial charge in [0.15, 0.2) is 0 Å². The molecule has 0 aliphatic carbocycles. The first kappa shape index (κ1) is 18.1. The summed E-state index contributed by atoms with van der Waals surface area (Å²) in [5.41, 5.74) is 1.63. The van der Waals surface area contributed by atoms with E-state index in [2.05, 4.69) is 25.7 Å². The van der Waals surface area contributed by atoms with E-state index in [1.54, 1.807) is 12.1 Å². The number of thioether (sulfide) groups is 1. The molecule has 4 rings (SSSR count). The van der Waals surface area contributed by atoms with E-state index in [9.17, 15) is 9.90 Å². The molecule has 0 aliphatic rings. The van der Waals surface area contributed by atoms with E-state index in [4.69, 9.17) is 4.42 Å². The Morgan fingerprint density at radius 2 is 1.79 bits per heavy atom. The van der Waals surface area contributed by atoms with Crippen molar-refractivity contribution in [3.63, 3.8) is 0 Å². The fourth-order valence-corrected chi connectivity index (χ4v) is 3.57. The van der Waals surface area contributed by atoms with Gasteiger partial charge in [0.1, 0.15) is 10.8 Å². The van der Waals surface area contributed by atoms with Crippen molar-refractivity contribution in [3.8, 4) is 27.8 Å². The molecule has 1 amide bonds. The zero-order valence-electron chi connectivity index (χ0n) is 14.3. The predicted octanol–water partition coefficient (Wildman–Crippen LogP) is 3.69. The van der Waals surface area contributed by atoms with Crippen LogP contribution in [0.1, 0.15) is 0 Å². The molecule has 0 bridgehead atoms. The maximum absolute atomic E-state index is 12.1. The molecule has 0 atom stereocenters. The average molecular weight is 411 g/mol. The van der Waals surface area contributed by atoms with E-state index in [0.717, 1.165) is 22.3 Å². The van der Waals surface area contributed by atoms with Gasteiger partial charge in [-0.15, -0.1) is 20.4 Å². The molecule has 0 aliphatic heterocycles. The summed E-state index contributed by atoms with van der Waals surface area (Å²) in [6.45, 7) is 0. The Morgan fingerprint density at radius 3 is 2.57 bits per heavy atom. The van der Waals surface area contributed by atoms with Crippen molar-refractivity contribution in [2.75, 3.05) is 11.1 Å². The highest BCUT2D eigenvalue weighted by Gasteiger charge is 2.13. The summed E-state index contributed by atoms with van der Waals surface area (Å²) < 4.78 is 5.53. The lowest BCUT2D eigenvalue weighted by Crippen LogP contribution is -2.13.